The highest BCUT2D eigenvalue weighted by Gasteiger charge is 2.08. The van der Waals surface area contributed by atoms with E-state index in [1.165, 1.54) is 12.1 Å². The number of aliphatic imine (C=N–C) groups is 1. The van der Waals surface area contributed by atoms with Crippen LogP contribution in [0.15, 0.2) is 17.1 Å². The molecule has 0 spiro atoms. The average molecular weight is 231 g/mol. The summed E-state index contributed by atoms with van der Waals surface area (Å²) in [6.07, 6.45) is -0.554. The smallest absolute Gasteiger partial charge is 0.150 e. The Hall–Kier alpha value is -1.00. The summed E-state index contributed by atoms with van der Waals surface area (Å²) in [5.74, 6) is -0.466. The number of pyridine rings is 1. The van der Waals surface area contributed by atoms with E-state index in [9.17, 15) is 4.39 Å². The van der Waals surface area contributed by atoms with Crippen molar-refractivity contribution in [1.82, 2.24) is 4.98 Å². The number of aliphatic hydroxyl groups is 1. The van der Waals surface area contributed by atoms with Crippen molar-refractivity contribution in [3.05, 3.63) is 28.8 Å². The molecule has 0 aliphatic carbocycles. The van der Waals surface area contributed by atoms with Crippen molar-refractivity contribution in [2.45, 2.75) is 20.0 Å². The number of halogens is 2. The molecule has 1 rings (SSSR count). The fraction of sp³-hybridized carbons (Fsp3) is 0.400. The van der Waals surface area contributed by atoms with Crippen LogP contribution in [0.2, 0.25) is 5.15 Å². The van der Waals surface area contributed by atoms with Crippen LogP contribution < -0.4 is 0 Å². The van der Waals surface area contributed by atoms with Crippen LogP contribution in [0.25, 0.3) is 0 Å². The Morgan fingerprint density at radius 2 is 2.33 bits per heavy atom. The molecule has 0 aromatic carbocycles. The molecule has 1 N–H and O–H groups in total. The van der Waals surface area contributed by atoms with Gasteiger partial charge in [-0.3, -0.25) is 4.99 Å². The first-order valence-corrected chi connectivity index (χ1v) is 4.90. The van der Waals surface area contributed by atoms with Crippen LogP contribution in [0.1, 0.15) is 19.5 Å². The van der Waals surface area contributed by atoms with E-state index in [1.54, 1.807) is 13.8 Å². The molecule has 82 valence electrons. The van der Waals surface area contributed by atoms with E-state index in [0.29, 0.717) is 5.71 Å². The zero-order valence-corrected chi connectivity index (χ0v) is 9.29. The lowest BCUT2D eigenvalue weighted by atomic mass is 10.2. The predicted molar refractivity (Wildman–Crippen MR) is 58.0 cm³/mol. The van der Waals surface area contributed by atoms with Crippen molar-refractivity contribution in [3.63, 3.8) is 0 Å². The van der Waals surface area contributed by atoms with Crippen molar-refractivity contribution in [2.24, 2.45) is 4.99 Å². The van der Waals surface area contributed by atoms with Crippen LogP contribution in [-0.2, 0) is 0 Å². The van der Waals surface area contributed by atoms with E-state index in [1.807, 2.05) is 0 Å². The largest absolute Gasteiger partial charge is 0.391 e. The minimum absolute atomic E-state index is 0.128. The van der Waals surface area contributed by atoms with E-state index in [-0.39, 0.29) is 17.4 Å². The average Bonchev–Trinajstić information content (AvgIpc) is 2.18. The molecule has 1 aromatic heterocycles. The highest BCUT2D eigenvalue weighted by atomic mass is 35.5. The molecule has 0 radical (unpaired) electrons. The zero-order chi connectivity index (χ0) is 11.4. The van der Waals surface area contributed by atoms with Gasteiger partial charge < -0.3 is 5.11 Å². The Labute approximate surface area is 92.6 Å². The van der Waals surface area contributed by atoms with Gasteiger partial charge in [-0.15, -0.1) is 0 Å². The summed E-state index contributed by atoms with van der Waals surface area (Å²) in [5, 5.41) is 9.25. The van der Waals surface area contributed by atoms with Gasteiger partial charge in [0.2, 0.25) is 0 Å². The number of hydrogen-bond donors (Lipinski definition) is 1. The standard InChI is InChI=1S/C10H12ClFN2O/c1-6(15)5-13-7(2)10-8(12)3-4-9(11)14-10/h3-4,6,15H,5H2,1-2H3/b13-7+. The molecule has 1 heterocycles. The van der Waals surface area contributed by atoms with Gasteiger partial charge in [0.05, 0.1) is 18.4 Å². The van der Waals surface area contributed by atoms with Crippen LogP contribution in [-0.4, -0.2) is 28.5 Å². The molecule has 0 fully saturated rings. The molecule has 0 saturated carbocycles. The predicted octanol–water partition coefficient (Wildman–Crippen LogP) is 2.06. The second-order valence-electron chi connectivity index (χ2n) is 3.24. The quantitative estimate of drug-likeness (QED) is 0.638. The van der Waals surface area contributed by atoms with Crippen LogP contribution in [0.5, 0.6) is 0 Å². The SMILES string of the molecule is C/C(=N\CC(C)O)c1nc(Cl)ccc1F. The summed E-state index contributed by atoms with van der Waals surface area (Å²) in [7, 11) is 0. The number of hydrogen-bond acceptors (Lipinski definition) is 3. The number of nitrogens with zero attached hydrogens (tertiary/aromatic N) is 2. The van der Waals surface area contributed by atoms with Crippen LogP contribution in [0.4, 0.5) is 4.39 Å². The molecule has 1 aromatic rings. The molecule has 0 bridgehead atoms. The van der Waals surface area contributed by atoms with E-state index >= 15 is 0 Å². The van der Waals surface area contributed by atoms with Gasteiger partial charge in [-0.1, -0.05) is 11.6 Å². The highest BCUT2D eigenvalue weighted by molar-refractivity contribution is 6.29. The molecule has 1 atom stereocenters. The van der Waals surface area contributed by atoms with Gasteiger partial charge in [0.25, 0.3) is 0 Å². The third kappa shape index (κ3) is 3.57. The maximum absolute atomic E-state index is 13.3. The maximum Gasteiger partial charge on any atom is 0.150 e. The van der Waals surface area contributed by atoms with E-state index in [2.05, 4.69) is 9.98 Å². The maximum atomic E-state index is 13.3. The fourth-order valence-corrected chi connectivity index (χ4v) is 1.16. The van der Waals surface area contributed by atoms with Crippen molar-refractivity contribution >= 4 is 17.3 Å². The molecule has 5 heteroatoms. The third-order valence-corrected chi connectivity index (χ3v) is 1.96. The van der Waals surface area contributed by atoms with Crippen molar-refractivity contribution in [3.8, 4) is 0 Å². The van der Waals surface area contributed by atoms with E-state index < -0.39 is 11.9 Å². The molecule has 0 amide bonds. The van der Waals surface area contributed by atoms with Gasteiger partial charge in [0.15, 0.2) is 5.82 Å². The lowest BCUT2D eigenvalue weighted by molar-refractivity contribution is 0.204. The van der Waals surface area contributed by atoms with Gasteiger partial charge in [-0.2, -0.15) is 0 Å². The molecule has 0 saturated heterocycles. The first-order valence-electron chi connectivity index (χ1n) is 4.52. The second kappa shape index (κ2) is 5.19. The first-order chi connectivity index (χ1) is 7.00. The molecule has 0 aliphatic heterocycles. The lowest BCUT2D eigenvalue weighted by Crippen LogP contribution is -2.09. The van der Waals surface area contributed by atoms with E-state index in [4.69, 9.17) is 16.7 Å². The number of aromatic nitrogens is 1. The Morgan fingerprint density at radius 3 is 2.93 bits per heavy atom. The van der Waals surface area contributed by atoms with Crippen molar-refractivity contribution in [2.75, 3.05) is 6.54 Å². The Morgan fingerprint density at radius 1 is 1.67 bits per heavy atom. The Bertz CT molecular complexity index is 380. The second-order valence-corrected chi connectivity index (χ2v) is 3.63. The molecule has 1 unspecified atom stereocenters. The van der Waals surface area contributed by atoms with Gasteiger partial charge >= 0.3 is 0 Å². The van der Waals surface area contributed by atoms with Crippen LogP contribution >= 0.6 is 11.6 Å². The van der Waals surface area contributed by atoms with Gasteiger partial charge in [-0.05, 0) is 26.0 Å². The zero-order valence-electron chi connectivity index (χ0n) is 8.54. The summed E-state index contributed by atoms with van der Waals surface area (Å²) < 4.78 is 13.3. The minimum Gasteiger partial charge on any atom is -0.391 e. The third-order valence-electron chi connectivity index (χ3n) is 1.75. The van der Waals surface area contributed by atoms with Crippen molar-refractivity contribution in [1.29, 1.82) is 0 Å². The molecule has 0 aliphatic rings. The monoisotopic (exact) mass is 230 g/mol. The number of aliphatic hydroxyl groups excluding tert-OH is 1. The van der Waals surface area contributed by atoms with Gasteiger partial charge in [-0.25, -0.2) is 9.37 Å². The summed E-state index contributed by atoms with van der Waals surface area (Å²) in [6, 6.07) is 2.62. The fourth-order valence-electron chi connectivity index (χ4n) is 1.02. The van der Waals surface area contributed by atoms with Crippen LogP contribution in [0.3, 0.4) is 0 Å². The first kappa shape index (κ1) is 12.1. The Kier molecular flexibility index (Phi) is 4.17. The van der Waals surface area contributed by atoms with Gasteiger partial charge in [0.1, 0.15) is 10.8 Å². The summed E-state index contributed by atoms with van der Waals surface area (Å²) in [4.78, 5) is 7.83. The minimum atomic E-state index is -0.554. The number of rotatable bonds is 3. The van der Waals surface area contributed by atoms with E-state index in [0.717, 1.165) is 0 Å². The van der Waals surface area contributed by atoms with Crippen LogP contribution in [0, 0.1) is 5.82 Å². The molecule has 3 nitrogen and oxygen atoms in total. The molecular weight excluding hydrogens is 219 g/mol. The van der Waals surface area contributed by atoms with Gasteiger partial charge in [0, 0.05) is 0 Å². The highest BCUT2D eigenvalue weighted by Crippen LogP contribution is 2.11. The molecule has 15 heavy (non-hydrogen) atoms. The molecular formula is C10H12ClFN2O. The summed E-state index contributed by atoms with van der Waals surface area (Å²) in [6.45, 7) is 3.46. The summed E-state index contributed by atoms with van der Waals surface area (Å²) in [5.41, 5.74) is 0.555. The normalized spacial score (nSPS) is 14.1. The Balaban J connectivity index is 2.94. The topological polar surface area (TPSA) is 45.5 Å². The van der Waals surface area contributed by atoms with Crippen molar-refractivity contribution < 1.29 is 9.50 Å². The lowest BCUT2D eigenvalue weighted by Gasteiger charge is -2.03. The summed E-state index contributed by atoms with van der Waals surface area (Å²) >= 11 is 5.64.